The van der Waals surface area contributed by atoms with E-state index in [0.717, 1.165) is 42.7 Å². The third kappa shape index (κ3) is 7.37. The highest BCUT2D eigenvalue weighted by atomic mass is 127. The molecule has 168 valence electrons. The normalized spacial score (nSPS) is 11.6. The van der Waals surface area contributed by atoms with E-state index in [1.165, 1.54) is 5.56 Å². The van der Waals surface area contributed by atoms with Crippen LogP contribution >= 0.6 is 24.0 Å². The summed E-state index contributed by atoms with van der Waals surface area (Å²) in [7, 11) is 5.32. The Kier molecular flexibility index (Phi) is 10.4. The second-order valence-electron chi connectivity index (χ2n) is 7.90. The fourth-order valence-corrected chi connectivity index (χ4v) is 2.78. The van der Waals surface area contributed by atoms with Gasteiger partial charge >= 0.3 is 0 Å². The lowest BCUT2D eigenvalue weighted by molar-refractivity contribution is 0.354. The Hall–Kier alpha value is -1.97. The van der Waals surface area contributed by atoms with E-state index in [1.807, 2.05) is 19.2 Å². The first kappa shape index (κ1) is 26.1. The lowest BCUT2D eigenvalue weighted by Crippen LogP contribution is -2.40. The lowest BCUT2D eigenvalue weighted by Gasteiger charge is -2.22. The first-order valence-corrected chi connectivity index (χ1v) is 9.94. The Morgan fingerprint density at radius 3 is 2.47 bits per heavy atom. The predicted octanol–water partition coefficient (Wildman–Crippen LogP) is 4.25. The number of hydrogen-bond acceptors (Lipinski definition) is 5. The molecular formula is C22H35IN4O3. The van der Waals surface area contributed by atoms with E-state index in [0.29, 0.717) is 12.4 Å². The van der Waals surface area contributed by atoms with Crippen LogP contribution in [0.4, 0.5) is 0 Å². The van der Waals surface area contributed by atoms with Crippen molar-refractivity contribution in [2.75, 3.05) is 34.4 Å². The summed E-state index contributed by atoms with van der Waals surface area (Å²) in [6.45, 7) is 10.4. The van der Waals surface area contributed by atoms with Crippen LogP contribution < -0.4 is 14.8 Å². The Morgan fingerprint density at radius 2 is 1.90 bits per heavy atom. The molecule has 0 amide bonds. The van der Waals surface area contributed by atoms with E-state index in [1.54, 1.807) is 20.4 Å². The van der Waals surface area contributed by atoms with Crippen LogP contribution in [0, 0.1) is 0 Å². The Morgan fingerprint density at radius 1 is 1.20 bits per heavy atom. The van der Waals surface area contributed by atoms with Crippen molar-refractivity contribution >= 4 is 29.9 Å². The van der Waals surface area contributed by atoms with E-state index in [9.17, 15) is 0 Å². The van der Waals surface area contributed by atoms with Crippen molar-refractivity contribution in [3.05, 3.63) is 41.6 Å². The minimum atomic E-state index is -0.0598. The maximum Gasteiger partial charge on any atom is 0.216 e. The largest absolute Gasteiger partial charge is 0.493 e. The van der Waals surface area contributed by atoms with Gasteiger partial charge in [0.15, 0.2) is 17.5 Å². The molecule has 30 heavy (non-hydrogen) atoms. The van der Waals surface area contributed by atoms with Crippen LogP contribution in [0.15, 0.2) is 33.8 Å². The summed E-state index contributed by atoms with van der Waals surface area (Å²) < 4.78 is 16.5. The van der Waals surface area contributed by atoms with Crippen LogP contribution in [0.1, 0.15) is 44.9 Å². The van der Waals surface area contributed by atoms with Crippen LogP contribution in [-0.2, 0) is 18.4 Å². The Bertz CT molecular complexity index is 815. The molecule has 0 bridgehead atoms. The highest BCUT2D eigenvalue weighted by Gasteiger charge is 2.19. The molecule has 1 aromatic carbocycles. The van der Waals surface area contributed by atoms with Gasteiger partial charge in [-0.15, -0.1) is 24.0 Å². The topological polar surface area (TPSA) is 72.1 Å². The van der Waals surface area contributed by atoms with Gasteiger partial charge in [-0.25, -0.2) is 9.98 Å². The third-order valence-electron chi connectivity index (χ3n) is 4.54. The van der Waals surface area contributed by atoms with Gasteiger partial charge in [-0.3, -0.25) is 0 Å². The van der Waals surface area contributed by atoms with E-state index in [-0.39, 0.29) is 29.4 Å². The van der Waals surface area contributed by atoms with Gasteiger partial charge in [-0.2, -0.15) is 0 Å². The van der Waals surface area contributed by atoms with Gasteiger partial charge in [0, 0.05) is 25.6 Å². The third-order valence-corrected chi connectivity index (χ3v) is 4.54. The molecule has 0 atom stereocenters. The quantitative estimate of drug-likeness (QED) is 0.313. The zero-order valence-electron chi connectivity index (χ0n) is 19.1. The first-order chi connectivity index (χ1) is 13.8. The number of nitrogens with zero attached hydrogens (tertiary/aromatic N) is 3. The fraction of sp³-hybridized carbons (Fsp3) is 0.545. The van der Waals surface area contributed by atoms with Crippen LogP contribution in [0.25, 0.3) is 0 Å². The van der Waals surface area contributed by atoms with Crippen molar-refractivity contribution in [3.63, 3.8) is 0 Å². The molecule has 1 heterocycles. The molecular weight excluding hydrogens is 495 g/mol. The summed E-state index contributed by atoms with van der Waals surface area (Å²) in [6, 6.07) is 6.00. The number of halogens is 1. The number of hydrogen-bond donors (Lipinski definition) is 1. The molecule has 0 spiro atoms. The van der Waals surface area contributed by atoms with Gasteiger partial charge in [0.05, 0.1) is 20.4 Å². The summed E-state index contributed by atoms with van der Waals surface area (Å²) in [4.78, 5) is 11.1. The van der Waals surface area contributed by atoms with Gasteiger partial charge in [0.1, 0.15) is 12.3 Å². The van der Waals surface area contributed by atoms with Gasteiger partial charge < -0.3 is 24.1 Å². The number of aromatic nitrogens is 1. The first-order valence-electron chi connectivity index (χ1n) is 9.94. The number of ether oxygens (including phenoxy) is 2. The highest BCUT2D eigenvalue weighted by Crippen LogP contribution is 2.27. The minimum absolute atomic E-state index is 0. The molecule has 8 heteroatoms. The fourth-order valence-electron chi connectivity index (χ4n) is 2.78. The molecule has 2 rings (SSSR count). The molecule has 0 saturated heterocycles. The standard InChI is InChI=1S/C22H34N4O3.HI/c1-8-23-21(25-15-20-24-14-19(29-20)22(2,3)4)26(5)12-11-16-9-10-17(27-6)18(13-16)28-7;/h9-10,13-14H,8,11-12,15H2,1-7H3,(H,23,25);1H. The summed E-state index contributed by atoms with van der Waals surface area (Å²) >= 11 is 0. The molecule has 7 nitrogen and oxygen atoms in total. The Labute approximate surface area is 197 Å². The van der Waals surface area contributed by atoms with Crippen molar-refractivity contribution in [2.45, 2.75) is 46.1 Å². The van der Waals surface area contributed by atoms with E-state index in [2.05, 4.69) is 54.0 Å². The number of aliphatic imine (C=N–C) groups is 1. The van der Waals surface area contributed by atoms with Gasteiger partial charge in [0.2, 0.25) is 5.89 Å². The molecule has 0 aliphatic carbocycles. The number of guanidine groups is 1. The van der Waals surface area contributed by atoms with E-state index < -0.39 is 0 Å². The maximum absolute atomic E-state index is 5.84. The number of benzene rings is 1. The van der Waals surface area contributed by atoms with Gasteiger partial charge in [-0.1, -0.05) is 26.8 Å². The van der Waals surface area contributed by atoms with Crippen LogP contribution in [0.2, 0.25) is 0 Å². The van der Waals surface area contributed by atoms with E-state index in [4.69, 9.17) is 13.9 Å². The molecule has 0 radical (unpaired) electrons. The van der Waals surface area contributed by atoms with Crippen molar-refractivity contribution < 1.29 is 13.9 Å². The average Bonchev–Trinajstić information content (AvgIpc) is 3.18. The second-order valence-corrected chi connectivity index (χ2v) is 7.90. The highest BCUT2D eigenvalue weighted by molar-refractivity contribution is 14.0. The van der Waals surface area contributed by atoms with Crippen molar-refractivity contribution in [2.24, 2.45) is 4.99 Å². The smallest absolute Gasteiger partial charge is 0.216 e. The molecule has 0 unspecified atom stereocenters. The minimum Gasteiger partial charge on any atom is -0.493 e. The van der Waals surface area contributed by atoms with E-state index >= 15 is 0 Å². The zero-order chi connectivity index (χ0) is 21.4. The monoisotopic (exact) mass is 530 g/mol. The predicted molar refractivity (Wildman–Crippen MR) is 131 cm³/mol. The number of rotatable bonds is 8. The number of methoxy groups -OCH3 is 2. The van der Waals surface area contributed by atoms with Crippen molar-refractivity contribution in [1.29, 1.82) is 0 Å². The maximum atomic E-state index is 5.84. The van der Waals surface area contributed by atoms with Crippen LogP contribution in [0.5, 0.6) is 11.5 Å². The molecule has 0 aliphatic heterocycles. The van der Waals surface area contributed by atoms with Gasteiger partial charge in [-0.05, 0) is 31.0 Å². The molecule has 1 N–H and O–H groups in total. The van der Waals surface area contributed by atoms with Crippen molar-refractivity contribution in [3.8, 4) is 11.5 Å². The lowest BCUT2D eigenvalue weighted by atomic mass is 9.94. The average molecular weight is 530 g/mol. The molecule has 1 aromatic heterocycles. The molecule has 0 aliphatic rings. The number of nitrogens with one attached hydrogen (secondary N) is 1. The molecule has 2 aromatic rings. The summed E-state index contributed by atoms with van der Waals surface area (Å²) in [5, 5.41) is 3.33. The second kappa shape index (κ2) is 12.0. The van der Waals surface area contributed by atoms with Crippen LogP contribution in [-0.4, -0.2) is 50.2 Å². The molecule has 0 saturated carbocycles. The molecule has 0 fully saturated rings. The van der Waals surface area contributed by atoms with Crippen LogP contribution in [0.3, 0.4) is 0 Å². The van der Waals surface area contributed by atoms with Crippen molar-refractivity contribution in [1.82, 2.24) is 15.2 Å². The number of oxazole rings is 1. The summed E-state index contributed by atoms with van der Waals surface area (Å²) in [6.07, 6.45) is 2.65. The summed E-state index contributed by atoms with van der Waals surface area (Å²) in [5.41, 5.74) is 1.11. The Balaban J connectivity index is 0.00000450. The SMILES string of the molecule is CCNC(=NCc1ncc(C(C)(C)C)o1)N(C)CCc1ccc(OC)c(OC)c1.I. The van der Waals surface area contributed by atoms with Gasteiger partial charge in [0.25, 0.3) is 0 Å². The number of likely N-dealkylation sites (N-methyl/N-ethyl adjacent to an activating group) is 1. The summed E-state index contributed by atoms with van der Waals surface area (Å²) in [5.74, 6) is 3.79. The zero-order valence-corrected chi connectivity index (χ0v) is 21.4.